The van der Waals surface area contributed by atoms with Crippen LogP contribution >= 0.6 is 11.6 Å². The van der Waals surface area contributed by atoms with Crippen LogP contribution in [-0.4, -0.2) is 25.6 Å². The number of rotatable bonds is 7. The average Bonchev–Trinajstić information content (AvgIpc) is 2.37. The molecule has 18 heavy (non-hydrogen) atoms. The van der Waals surface area contributed by atoms with Crippen LogP contribution in [0.2, 0.25) is 0 Å². The Hall–Kier alpha value is 0.200. The van der Waals surface area contributed by atoms with Crippen molar-refractivity contribution in [2.45, 2.75) is 64.3 Å². The molecule has 0 spiro atoms. The molecule has 0 aromatic heterocycles. The standard InChI is InChI=1S/C13H26ClNO2S/c1-3-13(4-2,11-14)15-18(16,17)10-12-8-6-5-7-9-12/h12,15H,3-11H2,1-2H3. The largest absolute Gasteiger partial charge is 0.212 e. The molecular weight excluding hydrogens is 270 g/mol. The molecule has 1 N–H and O–H groups in total. The van der Waals surface area contributed by atoms with Gasteiger partial charge in [-0.15, -0.1) is 11.6 Å². The Morgan fingerprint density at radius 1 is 1.17 bits per heavy atom. The van der Waals surface area contributed by atoms with Crippen molar-refractivity contribution in [3.63, 3.8) is 0 Å². The maximum atomic E-state index is 12.2. The van der Waals surface area contributed by atoms with Crippen LogP contribution in [0, 0.1) is 5.92 Å². The van der Waals surface area contributed by atoms with Crippen molar-refractivity contribution in [2.24, 2.45) is 5.92 Å². The third kappa shape index (κ3) is 4.71. The summed E-state index contributed by atoms with van der Waals surface area (Å²) in [6.07, 6.45) is 7.15. The fourth-order valence-corrected chi connectivity index (χ4v) is 5.23. The van der Waals surface area contributed by atoms with Crippen molar-refractivity contribution in [1.29, 1.82) is 0 Å². The fraction of sp³-hybridized carbons (Fsp3) is 1.00. The molecule has 0 bridgehead atoms. The molecule has 108 valence electrons. The van der Waals surface area contributed by atoms with Gasteiger partial charge in [-0.1, -0.05) is 33.1 Å². The van der Waals surface area contributed by atoms with Gasteiger partial charge in [0.15, 0.2) is 0 Å². The number of halogens is 1. The summed E-state index contributed by atoms with van der Waals surface area (Å²) in [4.78, 5) is 0. The Balaban J connectivity index is 2.62. The van der Waals surface area contributed by atoms with Crippen LogP contribution < -0.4 is 4.72 Å². The van der Waals surface area contributed by atoms with Gasteiger partial charge in [0, 0.05) is 11.4 Å². The Morgan fingerprint density at radius 3 is 2.17 bits per heavy atom. The normalized spacial score (nSPS) is 19.1. The summed E-state index contributed by atoms with van der Waals surface area (Å²) in [5, 5.41) is 0. The summed E-state index contributed by atoms with van der Waals surface area (Å²) < 4.78 is 27.3. The van der Waals surface area contributed by atoms with Crippen LogP contribution in [0.1, 0.15) is 58.8 Å². The molecule has 0 atom stereocenters. The molecule has 1 saturated carbocycles. The quantitative estimate of drug-likeness (QED) is 0.733. The average molecular weight is 296 g/mol. The zero-order chi connectivity index (χ0) is 13.6. The molecule has 3 nitrogen and oxygen atoms in total. The molecule has 0 aromatic rings. The maximum absolute atomic E-state index is 12.2. The lowest BCUT2D eigenvalue weighted by Gasteiger charge is -2.31. The van der Waals surface area contributed by atoms with Crippen molar-refractivity contribution >= 4 is 21.6 Å². The van der Waals surface area contributed by atoms with Gasteiger partial charge >= 0.3 is 0 Å². The highest BCUT2D eigenvalue weighted by Gasteiger charge is 2.32. The molecule has 5 heteroatoms. The predicted molar refractivity (Wildman–Crippen MR) is 77.5 cm³/mol. The van der Waals surface area contributed by atoms with Gasteiger partial charge in [-0.3, -0.25) is 0 Å². The molecule has 1 aliphatic rings. The van der Waals surface area contributed by atoms with Gasteiger partial charge in [0.1, 0.15) is 0 Å². The van der Waals surface area contributed by atoms with E-state index in [1.165, 1.54) is 19.3 Å². The first-order valence-corrected chi connectivity index (χ1v) is 9.23. The van der Waals surface area contributed by atoms with Crippen molar-refractivity contribution in [3.05, 3.63) is 0 Å². The molecule has 0 radical (unpaired) electrons. The highest BCUT2D eigenvalue weighted by molar-refractivity contribution is 7.89. The number of sulfonamides is 1. The molecule has 0 unspecified atom stereocenters. The van der Waals surface area contributed by atoms with E-state index in [1.54, 1.807) is 0 Å². The van der Waals surface area contributed by atoms with Gasteiger partial charge in [0.2, 0.25) is 10.0 Å². The van der Waals surface area contributed by atoms with E-state index < -0.39 is 15.6 Å². The third-order valence-electron chi connectivity index (χ3n) is 4.16. The first-order valence-electron chi connectivity index (χ1n) is 7.04. The third-order valence-corrected chi connectivity index (χ3v) is 6.33. The number of alkyl halides is 1. The summed E-state index contributed by atoms with van der Waals surface area (Å²) in [7, 11) is -3.21. The smallest absolute Gasteiger partial charge is 0.212 e. The second-order valence-electron chi connectivity index (χ2n) is 5.51. The van der Waals surface area contributed by atoms with Crippen molar-refractivity contribution in [1.82, 2.24) is 4.72 Å². The molecule has 0 amide bonds. The van der Waals surface area contributed by atoms with Crippen molar-refractivity contribution in [2.75, 3.05) is 11.6 Å². The summed E-state index contributed by atoms with van der Waals surface area (Å²) in [6, 6.07) is 0. The van der Waals surface area contributed by atoms with Gasteiger partial charge in [0.25, 0.3) is 0 Å². The lowest BCUT2D eigenvalue weighted by molar-refractivity contribution is 0.369. The van der Waals surface area contributed by atoms with Gasteiger partial charge in [0.05, 0.1) is 5.75 Å². The second kappa shape index (κ2) is 7.11. The number of hydrogen-bond acceptors (Lipinski definition) is 2. The van der Waals surface area contributed by atoms with Gasteiger partial charge in [-0.05, 0) is 31.6 Å². The highest BCUT2D eigenvalue weighted by atomic mass is 35.5. The van der Waals surface area contributed by atoms with E-state index in [4.69, 9.17) is 11.6 Å². The molecule has 1 rings (SSSR count). The Kier molecular flexibility index (Phi) is 6.42. The first kappa shape index (κ1) is 16.3. The zero-order valence-electron chi connectivity index (χ0n) is 11.5. The molecular formula is C13H26ClNO2S. The van der Waals surface area contributed by atoms with E-state index in [0.717, 1.165) is 25.7 Å². The minimum Gasteiger partial charge on any atom is -0.212 e. The topological polar surface area (TPSA) is 46.2 Å². The lowest BCUT2D eigenvalue weighted by Crippen LogP contribution is -2.50. The SMILES string of the molecule is CCC(CC)(CCl)NS(=O)(=O)CC1CCCCC1. The molecule has 1 aliphatic carbocycles. The summed E-state index contributed by atoms with van der Waals surface area (Å²) >= 11 is 5.95. The van der Waals surface area contributed by atoms with Crippen molar-refractivity contribution < 1.29 is 8.42 Å². The van der Waals surface area contributed by atoms with Gasteiger partial charge in [-0.25, -0.2) is 13.1 Å². The van der Waals surface area contributed by atoms with E-state index in [1.807, 2.05) is 13.8 Å². The highest BCUT2D eigenvalue weighted by Crippen LogP contribution is 2.26. The first-order chi connectivity index (χ1) is 8.47. The molecule has 0 heterocycles. The van der Waals surface area contributed by atoms with E-state index in [-0.39, 0.29) is 5.75 Å². The van der Waals surface area contributed by atoms with E-state index >= 15 is 0 Å². The van der Waals surface area contributed by atoms with Crippen LogP contribution in [0.25, 0.3) is 0 Å². The monoisotopic (exact) mass is 295 g/mol. The Morgan fingerprint density at radius 2 is 1.72 bits per heavy atom. The minimum absolute atomic E-state index is 0.269. The molecule has 1 fully saturated rings. The summed E-state index contributed by atoms with van der Waals surface area (Å²) in [5.74, 6) is 0.938. The van der Waals surface area contributed by atoms with Crippen molar-refractivity contribution in [3.8, 4) is 0 Å². The molecule has 0 aliphatic heterocycles. The van der Waals surface area contributed by atoms with Crippen LogP contribution in [0.15, 0.2) is 0 Å². The van der Waals surface area contributed by atoms with Crippen LogP contribution in [-0.2, 0) is 10.0 Å². The number of nitrogens with one attached hydrogen (secondary N) is 1. The minimum atomic E-state index is -3.21. The maximum Gasteiger partial charge on any atom is 0.212 e. The van der Waals surface area contributed by atoms with Crippen LogP contribution in [0.4, 0.5) is 0 Å². The summed E-state index contributed by atoms with van der Waals surface area (Å²) in [5.41, 5.74) is -0.463. The van der Waals surface area contributed by atoms with Crippen LogP contribution in [0.3, 0.4) is 0 Å². The second-order valence-corrected chi connectivity index (χ2v) is 7.54. The van der Waals surface area contributed by atoms with Gasteiger partial charge < -0.3 is 0 Å². The predicted octanol–water partition coefficient (Wildman–Crippen LogP) is 3.28. The van der Waals surface area contributed by atoms with E-state index in [2.05, 4.69) is 4.72 Å². The Bertz CT molecular complexity index is 325. The van der Waals surface area contributed by atoms with E-state index in [9.17, 15) is 8.42 Å². The van der Waals surface area contributed by atoms with Crippen LogP contribution in [0.5, 0.6) is 0 Å². The number of hydrogen-bond donors (Lipinski definition) is 1. The molecule has 0 aromatic carbocycles. The Labute approximate surface area is 117 Å². The van der Waals surface area contributed by atoms with E-state index in [0.29, 0.717) is 11.8 Å². The van der Waals surface area contributed by atoms with Gasteiger partial charge in [-0.2, -0.15) is 0 Å². The summed E-state index contributed by atoms with van der Waals surface area (Å²) in [6.45, 7) is 3.96. The molecule has 0 saturated heterocycles. The lowest BCUT2D eigenvalue weighted by atomic mass is 9.91. The zero-order valence-corrected chi connectivity index (χ0v) is 13.1. The fourth-order valence-electron chi connectivity index (χ4n) is 2.65.